The quantitative estimate of drug-likeness (QED) is 0.882. The highest BCUT2D eigenvalue weighted by atomic mass is 15.0. The Morgan fingerprint density at radius 2 is 1.68 bits per heavy atom. The number of nitrogens with one attached hydrogen (secondary N) is 1. The monoisotopic (exact) mass is 255 g/mol. The molecule has 2 aromatic rings. The maximum atomic E-state index is 5.77. The topological polar surface area (TPSA) is 50.9 Å². The van der Waals surface area contributed by atoms with Gasteiger partial charge in [0.25, 0.3) is 0 Å². The molecule has 1 heterocycles. The lowest BCUT2D eigenvalue weighted by Crippen LogP contribution is -2.05. The Hall–Kier alpha value is -2.03. The van der Waals surface area contributed by atoms with Crippen molar-refractivity contribution in [3.05, 3.63) is 52.2 Å². The number of nitrogen functional groups attached to an aromatic ring is 1. The molecule has 1 aromatic heterocycles. The molecular formula is C16H21N3. The predicted octanol–water partition coefficient (Wildman–Crippen LogP) is 3.51. The van der Waals surface area contributed by atoms with Gasteiger partial charge >= 0.3 is 0 Å². The first-order chi connectivity index (χ1) is 8.97. The van der Waals surface area contributed by atoms with Crippen molar-refractivity contribution in [2.24, 2.45) is 0 Å². The van der Waals surface area contributed by atoms with Gasteiger partial charge in [0, 0.05) is 6.54 Å². The van der Waals surface area contributed by atoms with Crippen LogP contribution in [0.5, 0.6) is 0 Å². The van der Waals surface area contributed by atoms with Gasteiger partial charge in [-0.25, -0.2) is 4.98 Å². The SMILES string of the molecule is Cc1cc(C)c(CNc2ccc(N)c(C)n2)cc1C. The average Bonchev–Trinajstić information content (AvgIpc) is 2.36. The predicted molar refractivity (Wildman–Crippen MR) is 81.4 cm³/mol. The lowest BCUT2D eigenvalue weighted by molar-refractivity contribution is 1.06. The lowest BCUT2D eigenvalue weighted by atomic mass is 10.0. The summed E-state index contributed by atoms with van der Waals surface area (Å²) in [5.74, 6) is 0.865. The largest absolute Gasteiger partial charge is 0.397 e. The van der Waals surface area contributed by atoms with Gasteiger partial charge in [-0.3, -0.25) is 0 Å². The van der Waals surface area contributed by atoms with E-state index in [1.807, 2.05) is 19.1 Å². The standard InChI is InChI=1S/C16H21N3/c1-10-7-12(3)14(8-11(10)2)9-18-16-6-5-15(17)13(4)19-16/h5-8H,9,17H2,1-4H3,(H,18,19). The minimum atomic E-state index is 0.730. The molecule has 0 spiro atoms. The number of hydrogen-bond donors (Lipinski definition) is 2. The number of aromatic nitrogens is 1. The van der Waals surface area contributed by atoms with Crippen LogP contribution in [0.1, 0.15) is 27.9 Å². The molecule has 0 fully saturated rings. The first-order valence-electron chi connectivity index (χ1n) is 6.51. The highest BCUT2D eigenvalue weighted by Crippen LogP contribution is 2.17. The summed E-state index contributed by atoms with van der Waals surface area (Å²) >= 11 is 0. The Morgan fingerprint density at radius 1 is 1.00 bits per heavy atom. The molecule has 0 amide bonds. The van der Waals surface area contributed by atoms with Crippen LogP contribution in [0.2, 0.25) is 0 Å². The van der Waals surface area contributed by atoms with Gasteiger partial charge in [-0.15, -0.1) is 0 Å². The minimum Gasteiger partial charge on any atom is -0.397 e. The fourth-order valence-corrected chi connectivity index (χ4v) is 2.07. The zero-order chi connectivity index (χ0) is 14.0. The normalized spacial score (nSPS) is 10.5. The Balaban J connectivity index is 2.14. The van der Waals surface area contributed by atoms with Crippen molar-refractivity contribution in [3.8, 4) is 0 Å². The second kappa shape index (κ2) is 5.31. The molecule has 0 aliphatic heterocycles. The van der Waals surface area contributed by atoms with E-state index in [-0.39, 0.29) is 0 Å². The van der Waals surface area contributed by atoms with Crippen molar-refractivity contribution < 1.29 is 0 Å². The van der Waals surface area contributed by atoms with Crippen LogP contribution < -0.4 is 11.1 Å². The van der Waals surface area contributed by atoms with Gasteiger partial charge in [-0.1, -0.05) is 12.1 Å². The molecule has 0 saturated carbocycles. The van der Waals surface area contributed by atoms with Gasteiger partial charge in [0.2, 0.25) is 0 Å². The molecule has 1 aromatic carbocycles. The maximum absolute atomic E-state index is 5.77. The molecule has 3 N–H and O–H groups in total. The summed E-state index contributed by atoms with van der Waals surface area (Å²) in [5.41, 5.74) is 12.6. The van der Waals surface area contributed by atoms with Crippen molar-refractivity contribution in [2.45, 2.75) is 34.2 Å². The van der Waals surface area contributed by atoms with Gasteiger partial charge in [0.1, 0.15) is 5.82 Å². The summed E-state index contributed by atoms with van der Waals surface area (Å²) in [6.45, 7) is 9.13. The van der Waals surface area contributed by atoms with Gasteiger partial charge in [0.15, 0.2) is 0 Å². The molecule has 0 unspecified atom stereocenters. The van der Waals surface area contributed by atoms with Crippen molar-refractivity contribution in [2.75, 3.05) is 11.1 Å². The molecule has 0 bridgehead atoms. The average molecular weight is 255 g/mol. The Morgan fingerprint density at radius 3 is 2.37 bits per heavy atom. The molecule has 0 saturated heterocycles. The minimum absolute atomic E-state index is 0.730. The molecule has 0 radical (unpaired) electrons. The van der Waals surface area contributed by atoms with Crippen molar-refractivity contribution in [1.29, 1.82) is 0 Å². The second-order valence-corrected chi connectivity index (χ2v) is 5.09. The summed E-state index contributed by atoms with van der Waals surface area (Å²) in [5, 5.41) is 3.35. The van der Waals surface area contributed by atoms with Gasteiger partial charge in [-0.05, 0) is 62.1 Å². The molecule has 0 aliphatic rings. The number of hydrogen-bond acceptors (Lipinski definition) is 3. The lowest BCUT2D eigenvalue weighted by Gasteiger charge is -2.12. The smallest absolute Gasteiger partial charge is 0.126 e. The third kappa shape index (κ3) is 3.05. The summed E-state index contributed by atoms with van der Waals surface area (Å²) in [4.78, 5) is 4.42. The third-order valence-corrected chi connectivity index (χ3v) is 3.54. The molecular weight excluding hydrogens is 234 g/mol. The molecule has 19 heavy (non-hydrogen) atoms. The number of aryl methyl sites for hydroxylation is 4. The number of anilines is 2. The number of nitrogens with zero attached hydrogens (tertiary/aromatic N) is 1. The van der Waals surface area contributed by atoms with Crippen LogP contribution in [0.25, 0.3) is 0 Å². The van der Waals surface area contributed by atoms with Crippen LogP contribution in [0.3, 0.4) is 0 Å². The van der Waals surface area contributed by atoms with Crippen LogP contribution in [-0.4, -0.2) is 4.98 Å². The highest BCUT2D eigenvalue weighted by Gasteiger charge is 2.03. The number of rotatable bonds is 3. The van der Waals surface area contributed by atoms with Crippen molar-refractivity contribution in [3.63, 3.8) is 0 Å². The van der Waals surface area contributed by atoms with Crippen molar-refractivity contribution in [1.82, 2.24) is 4.98 Å². The zero-order valence-corrected chi connectivity index (χ0v) is 12.0. The van der Waals surface area contributed by atoms with E-state index in [9.17, 15) is 0 Å². The van der Waals surface area contributed by atoms with Crippen LogP contribution >= 0.6 is 0 Å². The Bertz CT molecular complexity index is 603. The Labute approximate surface area is 114 Å². The summed E-state index contributed by atoms with van der Waals surface area (Å²) in [7, 11) is 0. The summed E-state index contributed by atoms with van der Waals surface area (Å²) < 4.78 is 0. The zero-order valence-electron chi connectivity index (χ0n) is 12.0. The molecule has 0 aliphatic carbocycles. The molecule has 100 valence electrons. The van der Waals surface area contributed by atoms with E-state index in [0.29, 0.717) is 0 Å². The summed E-state index contributed by atoms with van der Waals surface area (Å²) in [6, 6.07) is 8.27. The van der Waals surface area contributed by atoms with Gasteiger partial charge in [-0.2, -0.15) is 0 Å². The van der Waals surface area contributed by atoms with Gasteiger partial charge < -0.3 is 11.1 Å². The third-order valence-electron chi connectivity index (χ3n) is 3.54. The van der Waals surface area contributed by atoms with Crippen molar-refractivity contribution >= 4 is 11.5 Å². The number of nitrogens with two attached hydrogens (primary N) is 1. The molecule has 3 nitrogen and oxygen atoms in total. The van der Waals surface area contributed by atoms with E-state index in [1.54, 1.807) is 0 Å². The summed E-state index contributed by atoms with van der Waals surface area (Å²) in [6.07, 6.45) is 0. The number of pyridine rings is 1. The second-order valence-electron chi connectivity index (χ2n) is 5.09. The maximum Gasteiger partial charge on any atom is 0.126 e. The van der Waals surface area contributed by atoms with Crippen LogP contribution in [-0.2, 0) is 6.54 Å². The number of benzene rings is 1. The van der Waals surface area contributed by atoms with E-state index in [4.69, 9.17) is 5.73 Å². The van der Waals surface area contributed by atoms with E-state index in [0.717, 1.165) is 23.7 Å². The Kier molecular flexibility index (Phi) is 3.74. The van der Waals surface area contributed by atoms with E-state index >= 15 is 0 Å². The van der Waals surface area contributed by atoms with Gasteiger partial charge in [0.05, 0.1) is 11.4 Å². The van der Waals surface area contributed by atoms with Crippen LogP contribution in [0, 0.1) is 27.7 Å². The molecule has 0 atom stereocenters. The van der Waals surface area contributed by atoms with E-state index < -0.39 is 0 Å². The van der Waals surface area contributed by atoms with Crippen LogP contribution in [0.4, 0.5) is 11.5 Å². The highest BCUT2D eigenvalue weighted by molar-refractivity contribution is 5.49. The van der Waals surface area contributed by atoms with Crippen LogP contribution in [0.15, 0.2) is 24.3 Å². The molecule has 2 rings (SSSR count). The fourth-order valence-electron chi connectivity index (χ4n) is 2.07. The first kappa shape index (κ1) is 13.4. The molecule has 3 heteroatoms. The van der Waals surface area contributed by atoms with E-state index in [1.165, 1.54) is 22.3 Å². The first-order valence-corrected chi connectivity index (χ1v) is 6.51. The fraction of sp³-hybridized carbons (Fsp3) is 0.312. The van der Waals surface area contributed by atoms with E-state index in [2.05, 4.69) is 43.2 Å².